The number of likely N-dealkylation sites (N-methyl/N-ethyl adjacent to an activating group) is 2. The summed E-state index contributed by atoms with van der Waals surface area (Å²) in [5, 5.41) is 0. The van der Waals surface area contributed by atoms with E-state index in [1.54, 1.807) is 4.90 Å². The summed E-state index contributed by atoms with van der Waals surface area (Å²) in [6.45, 7) is 10.6. The topological polar surface area (TPSA) is 52.8 Å². The molecule has 0 aromatic heterocycles. The first-order chi connectivity index (χ1) is 9.45. The predicted molar refractivity (Wildman–Crippen MR) is 90.9 cm³/mol. The van der Waals surface area contributed by atoms with Gasteiger partial charge in [0.25, 0.3) is 0 Å². The number of amides is 1. The van der Waals surface area contributed by atoms with E-state index in [2.05, 4.69) is 23.8 Å². The molecule has 2 unspecified atom stereocenters. The number of rotatable bonds is 7. The van der Waals surface area contributed by atoms with Crippen molar-refractivity contribution in [2.24, 2.45) is 11.7 Å². The van der Waals surface area contributed by atoms with Crippen LogP contribution in [-0.2, 0) is 4.79 Å². The first-order valence-corrected chi connectivity index (χ1v) is 7.87. The van der Waals surface area contributed by atoms with Crippen LogP contribution in [0.4, 0.5) is 0 Å². The van der Waals surface area contributed by atoms with Crippen LogP contribution in [0.3, 0.4) is 0 Å². The molecule has 1 fully saturated rings. The average Bonchev–Trinajstić information content (AvgIpc) is 2.46. The maximum absolute atomic E-state index is 12.1. The lowest BCUT2D eigenvalue weighted by Crippen LogP contribution is -2.47. The van der Waals surface area contributed by atoms with Gasteiger partial charge in [-0.3, -0.25) is 4.79 Å². The molecule has 0 aromatic rings. The Kier molecular flexibility index (Phi) is 10.2. The summed E-state index contributed by atoms with van der Waals surface area (Å²) in [6, 6.07) is -0.353. The van der Waals surface area contributed by atoms with Crippen LogP contribution in [0.25, 0.3) is 0 Å². The maximum Gasteiger partial charge on any atom is 0.239 e. The third-order valence-electron chi connectivity index (χ3n) is 4.48. The summed E-state index contributed by atoms with van der Waals surface area (Å²) in [6.07, 6.45) is 1.97. The average molecular weight is 321 g/mol. The second-order valence-electron chi connectivity index (χ2n) is 6.17. The van der Waals surface area contributed by atoms with Crippen LogP contribution in [0.5, 0.6) is 0 Å². The number of carbonyl (C=O) groups excluding carboxylic acids is 1. The number of hydrogen-bond acceptors (Lipinski definition) is 4. The first kappa shape index (κ1) is 20.6. The predicted octanol–water partition coefficient (Wildman–Crippen LogP) is 0.878. The minimum Gasteiger partial charge on any atom is -0.344 e. The third-order valence-corrected chi connectivity index (χ3v) is 4.48. The number of halogens is 1. The van der Waals surface area contributed by atoms with Gasteiger partial charge in [-0.2, -0.15) is 0 Å². The van der Waals surface area contributed by atoms with Crippen LogP contribution in [0.1, 0.15) is 26.7 Å². The zero-order chi connectivity index (χ0) is 15.1. The van der Waals surface area contributed by atoms with E-state index in [1.807, 2.05) is 14.0 Å². The van der Waals surface area contributed by atoms with Crippen LogP contribution >= 0.6 is 12.4 Å². The Morgan fingerprint density at radius 2 is 1.86 bits per heavy atom. The van der Waals surface area contributed by atoms with Gasteiger partial charge in [0, 0.05) is 39.8 Å². The molecular formula is C15H33ClN4O. The van der Waals surface area contributed by atoms with Crippen molar-refractivity contribution in [1.29, 1.82) is 0 Å². The van der Waals surface area contributed by atoms with Gasteiger partial charge >= 0.3 is 0 Å². The molecule has 0 aromatic carbocycles. The number of nitrogens with two attached hydrogens (primary N) is 1. The molecule has 2 N–H and O–H groups in total. The zero-order valence-corrected chi connectivity index (χ0v) is 14.9. The van der Waals surface area contributed by atoms with Crippen LogP contribution in [0, 0.1) is 5.92 Å². The Balaban J connectivity index is 0.00000400. The molecule has 1 rings (SSSR count). The first-order valence-electron chi connectivity index (χ1n) is 7.87. The minimum atomic E-state index is -0.353. The highest BCUT2D eigenvalue weighted by Gasteiger charge is 2.22. The summed E-state index contributed by atoms with van der Waals surface area (Å²) in [5.41, 5.74) is 5.99. The molecule has 0 spiro atoms. The van der Waals surface area contributed by atoms with E-state index in [0.717, 1.165) is 52.1 Å². The van der Waals surface area contributed by atoms with Crippen molar-refractivity contribution in [2.75, 3.05) is 53.4 Å². The molecule has 6 heteroatoms. The molecule has 0 bridgehead atoms. The van der Waals surface area contributed by atoms with Crippen molar-refractivity contribution in [3.63, 3.8) is 0 Å². The molecule has 1 aliphatic rings. The lowest BCUT2D eigenvalue weighted by molar-refractivity contribution is -0.132. The number of nitrogens with zero attached hydrogens (tertiary/aromatic N) is 3. The van der Waals surface area contributed by atoms with Crippen molar-refractivity contribution in [3.05, 3.63) is 0 Å². The van der Waals surface area contributed by atoms with E-state index in [4.69, 9.17) is 5.73 Å². The Morgan fingerprint density at radius 1 is 1.29 bits per heavy atom. The second kappa shape index (κ2) is 10.4. The molecule has 21 heavy (non-hydrogen) atoms. The van der Waals surface area contributed by atoms with Gasteiger partial charge in [0.05, 0.1) is 6.04 Å². The van der Waals surface area contributed by atoms with Crippen LogP contribution in [0.2, 0.25) is 0 Å². The van der Waals surface area contributed by atoms with Crippen molar-refractivity contribution in [2.45, 2.75) is 32.7 Å². The van der Waals surface area contributed by atoms with Crippen molar-refractivity contribution in [1.82, 2.24) is 14.7 Å². The maximum atomic E-state index is 12.1. The van der Waals surface area contributed by atoms with Gasteiger partial charge in [-0.05, 0) is 25.9 Å². The Morgan fingerprint density at radius 3 is 2.38 bits per heavy atom. The molecule has 126 valence electrons. The molecule has 1 aliphatic heterocycles. The van der Waals surface area contributed by atoms with E-state index in [9.17, 15) is 4.79 Å². The summed E-state index contributed by atoms with van der Waals surface area (Å²) < 4.78 is 0. The SMILES string of the molecule is CCC(C)C(N)C(=O)N(C)CCCN1CCN(C)CC1.Cl. The van der Waals surface area contributed by atoms with E-state index < -0.39 is 0 Å². The van der Waals surface area contributed by atoms with Gasteiger partial charge in [-0.25, -0.2) is 0 Å². The van der Waals surface area contributed by atoms with Crippen LogP contribution in [-0.4, -0.2) is 80.0 Å². The molecule has 1 saturated heterocycles. The highest BCUT2D eigenvalue weighted by atomic mass is 35.5. The van der Waals surface area contributed by atoms with Crippen LogP contribution < -0.4 is 5.73 Å². The summed E-state index contributed by atoms with van der Waals surface area (Å²) >= 11 is 0. The second-order valence-corrected chi connectivity index (χ2v) is 6.17. The van der Waals surface area contributed by atoms with Gasteiger partial charge in [0.1, 0.15) is 0 Å². The van der Waals surface area contributed by atoms with E-state index >= 15 is 0 Å². The fourth-order valence-corrected chi connectivity index (χ4v) is 2.46. The van der Waals surface area contributed by atoms with Gasteiger partial charge in [0.15, 0.2) is 0 Å². The molecular weight excluding hydrogens is 288 g/mol. The van der Waals surface area contributed by atoms with Gasteiger partial charge in [0.2, 0.25) is 5.91 Å². The lowest BCUT2D eigenvalue weighted by Gasteiger charge is -2.33. The minimum absolute atomic E-state index is 0. The molecule has 5 nitrogen and oxygen atoms in total. The number of carbonyl (C=O) groups is 1. The number of piperazine rings is 1. The standard InChI is InChI=1S/C15H32N4O.ClH/c1-5-13(2)14(16)15(20)18(4)7-6-8-19-11-9-17(3)10-12-19;/h13-14H,5-12,16H2,1-4H3;1H. The van der Waals surface area contributed by atoms with Gasteiger partial charge in [-0.15, -0.1) is 12.4 Å². The molecule has 1 amide bonds. The highest BCUT2D eigenvalue weighted by molar-refractivity contribution is 5.85. The van der Waals surface area contributed by atoms with E-state index in [-0.39, 0.29) is 30.3 Å². The van der Waals surface area contributed by atoms with Crippen molar-refractivity contribution < 1.29 is 4.79 Å². The fourth-order valence-electron chi connectivity index (χ4n) is 2.46. The summed E-state index contributed by atoms with van der Waals surface area (Å²) in [7, 11) is 4.04. The Labute approximate surface area is 136 Å². The lowest BCUT2D eigenvalue weighted by atomic mass is 9.99. The third kappa shape index (κ3) is 6.96. The molecule has 2 atom stereocenters. The van der Waals surface area contributed by atoms with Crippen LogP contribution in [0.15, 0.2) is 0 Å². The highest BCUT2D eigenvalue weighted by Crippen LogP contribution is 2.08. The molecule has 0 saturated carbocycles. The van der Waals surface area contributed by atoms with Crippen molar-refractivity contribution >= 4 is 18.3 Å². The largest absolute Gasteiger partial charge is 0.344 e. The van der Waals surface area contributed by atoms with Gasteiger partial charge in [-0.1, -0.05) is 20.3 Å². The Bertz CT molecular complexity index is 295. The smallest absolute Gasteiger partial charge is 0.239 e. The van der Waals surface area contributed by atoms with E-state index in [0.29, 0.717) is 0 Å². The normalized spacial score (nSPS) is 19.7. The number of hydrogen-bond donors (Lipinski definition) is 1. The fraction of sp³-hybridized carbons (Fsp3) is 0.933. The van der Waals surface area contributed by atoms with Crippen molar-refractivity contribution in [3.8, 4) is 0 Å². The van der Waals surface area contributed by atoms with Gasteiger partial charge < -0.3 is 20.4 Å². The molecule has 0 aliphatic carbocycles. The molecule has 0 radical (unpaired) electrons. The summed E-state index contributed by atoms with van der Waals surface area (Å²) in [5.74, 6) is 0.334. The Hall–Kier alpha value is -0.360. The zero-order valence-electron chi connectivity index (χ0n) is 14.0. The summed E-state index contributed by atoms with van der Waals surface area (Å²) in [4.78, 5) is 18.8. The van der Waals surface area contributed by atoms with E-state index in [1.165, 1.54) is 0 Å². The quantitative estimate of drug-likeness (QED) is 0.756. The molecule has 1 heterocycles. The monoisotopic (exact) mass is 320 g/mol.